The Morgan fingerprint density at radius 1 is 1.17 bits per heavy atom. The lowest BCUT2D eigenvalue weighted by molar-refractivity contribution is -0.133. The minimum absolute atomic E-state index is 0.0901. The Bertz CT molecular complexity index is 819. The van der Waals surface area contributed by atoms with E-state index in [1.54, 1.807) is 33.5 Å². The zero-order valence-corrected chi connectivity index (χ0v) is 18.1. The van der Waals surface area contributed by atoms with Gasteiger partial charge in [-0.15, -0.1) is 0 Å². The smallest absolute Gasteiger partial charge is 0.223 e. The minimum Gasteiger partial charge on any atom is -0.493 e. The first-order chi connectivity index (χ1) is 14.6. The average Bonchev–Trinajstić information content (AvgIpc) is 3.44. The zero-order chi connectivity index (χ0) is 21.5. The third-order valence-corrected chi connectivity index (χ3v) is 5.13. The number of ether oxygens (including phenoxy) is 4. The Balaban J connectivity index is 1.81. The highest BCUT2D eigenvalue weighted by Crippen LogP contribution is 2.41. The molecule has 1 aliphatic heterocycles. The molecule has 1 saturated heterocycles. The van der Waals surface area contributed by atoms with Crippen LogP contribution in [0.15, 0.2) is 22.7 Å². The monoisotopic (exact) mass is 418 g/mol. The highest BCUT2D eigenvalue weighted by molar-refractivity contribution is 5.76. The Kier molecular flexibility index (Phi) is 7.57. The van der Waals surface area contributed by atoms with E-state index in [0.29, 0.717) is 48.2 Å². The lowest BCUT2D eigenvalue weighted by Gasteiger charge is -2.24. The molecule has 1 aliphatic rings. The number of benzene rings is 1. The van der Waals surface area contributed by atoms with Crippen molar-refractivity contribution in [2.45, 2.75) is 45.3 Å². The fourth-order valence-corrected chi connectivity index (χ4v) is 3.60. The summed E-state index contributed by atoms with van der Waals surface area (Å²) >= 11 is 0. The van der Waals surface area contributed by atoms with Gasteiger partial charge in [0, 0.05) is 31.2 Å². The van der Waals surface area contributed by atoms with E-state index in [9.17, 15) is 4.79 Å². The number of hydrogen-bond donors (Lipinski definition) is 0. The van der Waals surface area contributed by atoms with Crippen LogP contribution in [0.2, 0.25) is 0 Å². The van der Waals surface area contributed by atoms with Gasteiger partial charge in [0.2, 0.25) is 11.7 Å². The highest BCUT2D eigenvalue weighted by atomic mass is 16.5. The van der Waals surface area contributed by atoms with Gasteiger partial charge in [0.15, 0.2) is 17.3 Å². The summed E-state index contributed by atoms with van der Waals surface area (Å²) in [5.41, 5.74) is 1.43. The third kappa shape index (κ3) is 5.05. The minimum atomic E-state index is 0.0901. The maximum atomic E-state index is 12.6. The maximum Gasteiger partial charge on any atom is 0.223 e. The van der Waals surface area contributed by atoms with E-state index in [1.807, 2.05) is 17.9 Å². The van der Waals surface area contributed by atoms with Crippen LogP contribution in [0.5, 0.6) is 17.2 Å². The predicted molar refractivity (Wildman–Crippen MR) is 111 cm³/mol. The van der Waals surface area contributed by atoms with Gasteiger partial charge in [-0.25, -0.2) is 0 Å². The lowest BCUT2D eigenvalue weighted by atomic mass is 10.1. The summed E-state index contributed by atoms with van der Waals surface area (Å²) in [7, 11) is 4.69. The number of methoxy groups -OCH3 is 3. The molecule has 0 bridgehead atoms. The molecule has 0 N–H and O–H groups in total. The van der Waals surface area contributed by atoms with E-state index in [0.717, 1.165) is 31.4 Å². The van der Waals surface area contributed by atoms with E-state index in [2.05, 4.69) is 5.16 Å². The third-order valence-electron chi connectivity index (χ3n) is 5.13. The SMILES string of the molecule is CCCC(=O)N(Cc1cc(-c2cc(OC)c(OC)c(OC)c2)on1)CC1CCCO1. The number of amides is 1. The summed E-state index contributed by atoms with van der Waals surface area (Å²) in [5.74, 6) is 2.23. The van der Waals surface area contributed by atoms with Crippen LogP contribution in [0.25, 0.3) is 11.3 Å². The number of hydrogen-bond acceptors (Lipinski definition) is 7. The highest BCUT2D eigenvalue weighted by Gasteiger charge is 2.24. The van der Waals surface area contributed by atoms with Crippen LogP contribution in [0, 0.1) is 0 Å². The second kappa shape index (κ2) is 10.3. The van der Waals surface area contributed by atoms with Gasteiger partial charge in [0.25, 0.3) is 0 Å². The van der Waals surface area contributed by atoms with Gasteiger partial charge >= 0.3 is 0 Å². The van der Waals surface area contributed by atoms with Crippen LogP contribution in [0.4, 0.5) is 0 Å². The van der Waals surface area contributed by atoms with Gasteiger partial charge in [0.1, 0.15) is 5.69 Å². The Labute approximate surface area is 177 Å². The second-order valence-corrected chi connectivity index (χ2v) is 7.26. The molecule has 0 aliphatic carbocycles. The molecule has 2 aromatic rings. The van der Waals surface area contributed by atoms with Crippen molar-refractivity contribution in [1.29, 1.82) is 0 Å². The molecule has 1 fully saturated rings. The first-order valence-corrected chi connectivity index (χ1v) is 10.2. The maximum absolute atomic E-state index is 12.6. The molecule has 0 saturated carbocycles. The van der Waals surface area contributed by atoms with Crippen molar-refractivity contribution in [3.63, 3.8) is 0 Å². The summed E-state index contributed by atoms with van der Waals surface area (Å²) < 4.78 is 27.5. The molecule has 1 amide bonds. The van der Waals surface area contributed by atoms with Crippen LogP contribution >= 0.6 is 0 Å². The molecule has 1 unspecified atom stereocenters. The van der Waals surface area contributed by atoms with E-state index in [1.165, 1.54) is 0 Å². The molecule has 164 valence electrons. The molecule has 0 radical (unpaired) electrons. The fraction of sp³-hybridized carbons (Fsp3) is 0.545. The molecule has 8 nitrogen and oxygen atoms in total. The number of rotatable bonds is 10. The molecule has 0 spiro atoms. The van der Waals surface area contributed by atoms with Gasteiger partial charge in [0.05, 0.1) is 34.0 Å². The average molecular weight is 418 g/mol. The van der Waals surface area contributed by atoms with Crippen LogP contribution in [0.1, 0.15) is 38.3 Å². The van der Waals surface area contributed by atoms with Crippen LogP contribution < -0.4 is 14.2 Å². The Morgan fingerprint density at radius 3 is 2.47 bits per heavy atom. The Morgan fingerprint density at radius 2 is 1.90 bits per heavy atom. The van der Waals surface area contributed by atoms with Crippen molar-refractivity contribution < 1.29 is 28.3 Å². The molecule has 2 heterocycles. The molecular formula is C22H30N2O6. The van der Waals surface area contributed by atoms with Crippen molar-refractivity contribution in [2.75, 3.05) is 34.5 Å². The largest absolute Gasteiger partial charge is 0.493 e. The van der Waals surface area contributed by atoms with Crippen molar-refractivity contribution >= 4 is 5.91 Å². The number of carbonyl (C=O) groups is 1. The molecule has 1 atom stereocenters. The molecule has 8 heteroatoms. The van der Waals surface area contributed by atoms with Gasteiger partial charge in [-0.2, -0.15) is 0 Å². The molecule has 1 aromatic heterocycles. The van der Waals surface area contributed by atoms with Crippen molar-refractivity contribution in [3.05, 3.63) is 23.9 Å². The van der Waals surface area contributed by atoms with Gasteiger partial charge in [-0.1, -0.05) is 12.1 Å². The van der Waals surface area contributed by atoms with Crippen LogP contribution in [-0.4, -0.2) is 56.5 Å². The fourth-order valence-electron chi connectivity index (χ4n) is 3.60. The zero-order valence-electron chi connectivity index (χ0n) is 18.1. The summed E-state index contributed by atoms with van der Waals surface area (Å²) in [6.45, 7) is 3.72. The van der Waals surface area contributed by atoms with Gasteiger partial charge in [-0.3, -0.25) is 4.79 Å². The Hall–Kier alpha value is -2.74. The summed E-state index contributed by atoms with van der Waals surface area (Å²) in [4.78, 5) is 14.4. The first kappa shape index (κ1) is 22.0. The summed E-state index contributed by atoms with van der Waals surface area (Å²) in [5, 5.41) is 4.18. The summed E-state index contributed by atoms with van der Waals surface area (Å²) in [6, 6.07) is 5.44. The second-order valence-electron chi connectivity index (χ2n) is 7.26. The van der Waals surface area contributed by atoms with Gasteiger partial charge < -0.3 is 28.4 Å². The predicted octanol–water partition coefficient (Wildman–Crippen LogP) is 3.68. The molecule has 1 aromatic carbocycles. The number of aromatic nitrogens is 1. The van der Waals surface area contributed by atoms with E-state index in [4.69, 9.17) is 23.5 Å². The molecule has 30 heavy (non-hydrogen) atoms. The van der Waals surface area contributed by atoms with Crippen molar-refractivity contribution in [2.24, 2.45) is 0 Å². The standard InChI is InChI=1S/C22H30N2O6/c1-5-7-21(25)24(14-17-8-6-9-29-17)13-16-12-18(30-23-16)15-10-19(26-2)22(28-4)20(11-15)27-3/h10-12,17H,5-9,13-14H2,1-4H3. The number of nitrogens with zero attached hydrogens (tertiary/aromatic N) is 2. The van der Waals surface area contributed by atoms with E-state index in [-0.39, 0.29) is 12.0 Å². The summed E-state index contributed by atoms with van der Waals surface area (Å²) in [6.07, 6.45) is 3.41. The molecule has 3 rings (SSSR count). The van der Waals surface area contributed by atoms with Gasteiger partial charge in [-0.05, 0) is 31.4 Å². The van der Waals surface area contributed by atoms with E-state index < -0.39 is 0 Å². The van der Waals surface area contributed by atoms with Crippen molar-refractivity contribution in [1.82, 2.24) is 10.1 Å². The van der Waals surface area contributed by atoms with Crippen LogP contribution in [-0.2, 0) is 16.1 Å². The quantitative estimate of drug-likeness (QED) is 0.582. The van der Waals surface area contributed by atoms with Crippen molar-refractivity contribution in [3.8, 4) is 28.6 Å². The number of carbonyl (C=O) groups excluding carboxylic acids is 1. The van der Waals surface area contributed by atoms with E-state index >= 15 is 0 Å². The topological polar surface area (TPSA) is 83.3 Å². The normalized spacial score (nSPS) is 15.8. The van der Waals surface area contributed by atoms with Crippen LogP contribution in [0.3, 0.4) is 0 Å². The first-order valence-electron chi connectivity index (χ1n) is 10.2. The molecular weight excluding hydrogens is 388 g/mol. The lowest BCUT2D eigenvalue weighted by Crippen LogP contribution is -2.36.